The van der Waals surface area contributed by atoms with Crippen LogP contribution in [0, 0.1) is 5.41 Å². The molecular weight excluding hydrogens is 208 g/mol. The van der Waals surface area contributed by atoms with Crippen molar-refractivity contribution in [2.75, 3.05) is 0 Å². The van der Waals surface area contributed by atoms with Crippen molar-refractivity contribution in [3.8, 4) is 0 Å². The van der Waals surface area contributed by atoms with Crippen LogP contribution in [0.1, 0.15) is 51.0 Å². The molecule has 1 N–H and O–H groups in total. The van der Waals surface area contributed by atoms with Gasteiger partial charge in [0.1, 0.15) is 0 Å². The number of benzene rings is 1. The van der Waals surface area contributed by atoms with Gasteiger partial charge in [-0.25, -0.2) is 0 Å². The SMILES string of the molecule is CC1(C(O)CCc2ccccc2)CCCCC1. The van der Waals surface area contributed by atoms with Crippen LogP contribution in [0.3, 0.4) is 0 Å². The molecule has 1 heteroatoms. The molecule has 0 aromatic heterocycles. The summed E-state index contributed by atoms with van der Waals surface area (Å²) >= 11 is 0. The van der Waals surface area contributed by atoms with E-state index in [2.05, 4.69) is 31.2 Å². The number of hydrogen-bond donors (Lipinski definition) is 1. The molecule has 1 unspecified atom stereocenters. The highest BCUT2D eigenvalue weighted by molar-refractivity contribution is 5.14. The Morgan fingerprint density at radius 1 is 1.12 bits per heavy atom. The Morgan fingerprint density at radius 3 is 2.41 bits per heavy atom. The second-order valence-corrected chi connectivity index (χ2v) is 5.75. The van der Waals surface area contributed by atoms with Crippen molar-refractivity contribution >= 4 is 0 Å². The molecule has 1 atom stereocenters. The van der Waals surface area contributed by atoms with Crippen molar-refractivity contribution in [1.82, 2.24) is 0 Å². The molecular formula is C16H24O. The van der Waals surface area contributed by atoms with E-state index >= 15 is 0 Å². The molecule has 0 aliphatic heterocycles. The highest BCUT2D eigenvalue weighted by atomic mass is 16.3. The number of aryl methyl sites for hydroxylation is 1. The van der Waals surface area contributed by atoms with Gasteiger partial charge in [0.2, 0.25) is 0 Å². The maximum Gasteiger partial charge on any atom is 0.0596 e. The van der Waals surface area contributed by atoms with E-state index in [9.17, 15) is 5.11 Å². The number of rotatable bonds is 4. The predicted molar refractivity (Wildman–Crippen MR) is 72.0 cm³/mol. The van der Waals surface area contributed by atoms with Gasteiger partial charge in [-0.2, -0.15) is 0 Å². The molecule has 0 saturated heterocycles. The largest absolute Gasteiger partial charge is 0.393 e. The van der Waals surface area contributed by atoms with Crippen LogP contribution in [0.5, 0.6) is 0 Å². The zero-order chi connectivity index (χ0) is 12.1. The third-order valence-corrected chi connectivity index (χ3v) is 4.35. The first-order valence-electron chi connectivity index (χ1n) is 6.93. The maximum atomic E-state index is 10.4. The molecule has 1 aromatic rings. The third kappa shape index (κ3) is 3.32. The summed E-state index contributed by atoms with van der Waals surface area (Å²) in [6, 6.07) is 10.5. The first-order valence-corrected chi connectivity index (χ1v) is 6.93. The topological polar surface area (TPSA) is 20.2 Å². The van der Waals surface area contributed by atoms with Crippen LogP contribution < -0.4 is 0 Å². The van der Waals surface area contributed by atoms with Crippen LogP contribution in [0.4, 0.5) is 0 Å². The smallest absolute Gasteiger partial charge is 0.0596 e. The molecule has 0 amide bonds. The average Bonchev–Trinajstić information content (AvgIpc) is 2.38. The monoisotopic (exact) mass is 232 g/mol. The molecule has 17 heavy (non-hydrogen) atoms. The molecule has 1 saturated carbocycles. The predicted octanol–water partition coefficient (Wildman–Crippen LogP) is 3.95. The van der Waals surface area contributed by atoms with E-state index in [4.69, 9.17) is 0 Å². The molecule has 0 spiro atoms. The molecule has 1 aliphatic carbocycles. The van der Waals surface area contributed by atoms with E-state index in [-0.39, 0.29) is 11.5 Å². The summed E-state index contributed by atoms with van der Waals surface area (Å²) < 4.78 is 0. The van der Waals surface area contributed by atoms with Crippen molar-refractivity contribution in [3.05, 3.63) is 35.9 Å². The van der Waals surface area contributed by atoms with Gasteiger partial charge < -0.3 is 5.11 Å². The van der Waals surface area contributed by atoms with Gasteiger partial charge in [-0.3, -0.25) is 0 Å². The number of aliphatic hydroxyl groups is 1. The highest BCUT2D eigenvalue weighted by Gasteiger charge is 2.33. The second-order valence-electron chi connectivity index (χ2n) is 5.75. The Bertz CT molecular complexity index is 325. The molecule has 1 aliphatic rings. The molecule has 1 aromatic carbocycles. The Labute approximate surface area is 105 Å². The molecule has 0 heterocycles. The number of aliphatic hydroxyl groups excluding tert-OH is 1. The van der Waals surface area contributed by atoms with Gasteiger partial charge in [0.05, 0.1) is 6.10 Å². The molecule has 1 fully saturated rings. The highest BCUT2D eigenvalue weighted by Crippen LogP contribution is 2.40. The summed E-state index contributed by atoms with van der Waals surface area (Å²) in [6.45, 7) is 2.27. The normalized spacial score (nSPS) is 21.1. The lowest BCUT2D eigenvalue weighted by molar-refractivity contribution is 0.00455. The van der Waals surface area contributed by atoms with Gasteiger partial charge in [0.25, 0.3) is 0 Å². The van der Waals surface area contributed by atoms with Crippen LogP contribution in [0.15, 0.2) is 30.3 Å². The summed E-state index contributed by atoms with van der Waals surface area (Å²) in [5.41, 5.74) is 1.51. The van der Waals surface area contributed by atoms with Gasteiger partial charge in [0.15, 0.2) is 0 Å². The van der Waals surface area contributed by atoms with Crippen molar-refractivity contribution in [3.63, 3.8) is 0 Å². The molecule has 94 valence electrons. The van der Waals surface area contributed by atoms with E-state index in [1.807, 2.05) is 6.07 Å². The summed E-state index contributed by atoms with van der Waals surface area (Å²) in [7, 11) is 0. The Hall–Kier alpha value is -0.820. The fourth-order valence-electron chi connectivity index (χ4n) is 2.99. The van der Waals surface area contributed by atoms with E-state index in [1.165, 1.54) is 37.7 Å². The quantitative estimate of drug-likeness (QED) is 0.833. The minimum absolute atomic E-state index is 0.136. The third-order valence-electron chi connectivity index (χ3n) is 4.35. The van der Waals surface area contributed by atoms with E-state index in [0.717, 1.165) is 12.8 Å². The van der Waals surface area contributed by atoms with Gasteiger partial charge >= 0.3 is 0 Å². The summed E-state index contributed by atoms with van der Waals surface area (Å²) in [5, 5.41) is 10.4. The van der Waals surface area contributed by atoms with E-state index in [1.54, 1.807) is 0 Å². The number of hydrogen-bond acceptors (Lipinski definition) is 1. The summed E-state index contributed by atoms with van der Waals surface area (Å²) in [6.07, 6.45) is 8.09. The minimum atomic E-state index is -0.136. The van der Waals surface area contributed by atoms with E-state index in [0.29, 0.717) is 0 Å². The van der Waals surface area contributed by atoms with Crippen LogP contribution in [0.25, 0.3) is 0 Å². The fraction of sp³-hybridized carbons (Fsp3) is 0.625. The van der Waals surface area contributed by atoms with Crippen LogP contribution in [0.2, 0.25) is 0 Å². The van der Waals surface area contributed by atoms with Crippen molar-refractivity contribution in [2.24, 2.45) is 5.41 Å². The van der Waals surface area contributed by atoms with Crippen LogP contribution in [-0.2, 0) is 6.42 Å². The standard InChI is InChI=1S/C16H24O/c1-16(12-6-3-7-13-16)15(17)11-10-14-8-4-2-5-9-14/h2,4-5,8-9,15,17H,3,6-7,10-13H2,1H3. The molecule has 1 nitrogen and oxygen atoms in total. The van der Waals surface area contributed by atoms with Crippen molar-refractivity contribution in [1.29, 1.82) is 0 Å². The van der Waals surface area contributed by atoms with Gasteiger partial charge in [-0.05, 0) is 36.7 Å². The van der Waals surface area contributed by atoms with Crippen molar-refractivity contribution < 1.29 is 5.11 Å². The summed E-state index contributed by atoms with van der Waals surface area (Å²) in [4.78, 5) is 0. The molecule has 0 radical (unpaired) electrons. The van der Waals surface area contributed by atoms with Gasteiger partial charge in [-0.1, -0.05) is 56.5 Å². The zero-order valence-electron chi connectivity index (χ0n) is 10.9. The van der Waals surface area contributed by atoms with Crippen LogP contribution >= 0.6 is 0 Å². The van der Waals surface area contributed by atoms with Gasteiger partial charge in [-0.15, -0.1) is 0 Å². The first-order chi connectivity index (χ1) is 8.21. The minimum Gasteiger partial charge on any atom is -0.393 e. The van der Waals surface area contributed by atoms with Gasteiger partial charge in [0, 0.05) is 0 Å². The van der Waals surface area contributed by atoms with E-state index < -0.39 is 0 Å². The summed E-state index contributed by atoms with van der Waals surface area (Å²) in [5.74, 6) is 0. The van der Waals surface area contributed by atoms with Crippen LogP contribution in [-0.4, -0.2) is 11.2 Å². The Balaban J connectivity index is 1.86. The molecule has 0 bridgehead atoms. The first kappa shape index (κ1) is 12.6. The fourth-order valence-corrected chi connectivity index (χ4v) is 2.99. The average molecular weight is 232 g/mol. The zero-order valence-corrected chi connectivity index (χ0v) is 10.9. The Morgan fingerprint density at radius 2 is 1.76 bits per heavy atom. The Kier molecular flexibility index (Phi) is 4.22. The maximum absolute atomic E-state index is 10.4. The lowest BCUT2D eigenvalue weighted by atomic mass is 9.70. The lowest BCUT2D eigenvalue weighted by Gasteiger charge is -2.38. The molecule has 2 rings (SSSR count). The second kappa shape index (κ2) is 5.68. The lowest BCUT2D eigenvalue weighted by Crippen LogP contribution is -2.34. The van der Waals surface area contributed by atoms with Crippen molar-refractivity contribution in [2.45, 2.75) is 58.0 Å².